The molecule has 1 amide bonds. The Hall–Kier alpha value is -1.65. The predicted octanol–water partition coefficient (Wildman–Crippen LogP) is 1.51. The Labute approximate surface area is 106 Å². The number of hydrogen-bond donors (Lipinski definition) is 0. The van der Waals surface area contributed by atoms with E-state index < -0.39 is 6.17 Å². The zero-order valence-electron chi connectivity index (χ0n) is 10.6. The summed E-state index contributed by atoms with van der Waals surface area (Å²) >= 11 is 0. The van der Waals surface area contributed by atoms with Gasteiger partial charge in [-0.25, -0.2) is 9.37 Å². The number of nitrogens with zero attached hydrogens (tertiary/aromatic N) is 2. The van der Waals surface area contributed by atoms with E-state index in [0.29, 0.717) is 12.5 Å². The number of carbonyl (C=O) groups is 1. The topological polar surface area (TPSA) is 42.4 Å². The maximum Gasteiger partial charge on any atom is 0.227 e. The molecule has 0 N–H and O–H groups in total. The van der Waals surface area contributed by atoms with Gasteiger partial charge in [0.25, 0.3) is 0 Å². The number of aryl methyl sites for hydroxylation is 1. The van der Waals surface area contributed by atoms with Crippen LogP contribution in [0.5, 0.6) is 5.88 Å². The molecule has 0 aliphatic carbocycles. The third-order valence-electron chi connectivity index (χ3n) is 2.91. The highest BCUT2D eigenvalue weighted by Gasteiger charge is 2.30. The molecule has 0 atom stereocenters. The van der Waals surface area contributed by atoms with Gasteiger partial charge in [-0.05, 0) is 25.5 Å². The van der Waals surface area contributed by atoms with Gasteiger partial charge in [0.15, 0.2) is 0 Å². The highest BCUT2D eigenvalue weighted by atomic mass is 19.1. The zero-order valence-corrected chi connectivity index (χ0v) is 10.6. The van der Waals surface area contributed by atoms with Crippen molar-refractivity contribution in [2.75, 3.05) is 19.7 Å². The largest absolute Gasteiger partial charge is 0.478 e. The lowest BCUT2D eigenvalue weighted by molar-refractivity contribution is -0.137. The number of pyridine rings is 1. The molecule has 4 nitrogen and oxygen atoms in total. The molecule has 18 heavy (non-hydrogen) atoms. The number of halogens is 1. The summed E-state index contributed by atoms with van der Waals surface area (Å²) in [6, 6.07) is 1.89. The number of ether oxygens (including phenoxy) is 1. The number of hydrogen-bond acceptors (Lipinski definition) is 3. The van der Waals surface area contributed by atoms with Crippen LogP contribution in [0.25, 0.3) is 0 Å². The first-order valence-corrected chi connectivity index (χ1v) is 6.10. The summed E-state index contributed by atoms with van der Waals surface area (Å²) in [5.74, 6) is 0.552. The highest BCUT2D eigenvalue weighted by Crippen LogP contribution is 2.17. The van der Waals surface area contributed by atoms with Crippen LogP contribution >= 0.6 is 0 Å². The lowest BCUT2D eigenvalue weighted by atomic mass is 10.1. The van der Waals surface area contributed by atoms with Gasteiger partial charge in [-0.15, -0.1) is 0 Å². The van der Waals surface area contributed by atoms with E-state index in [0.717, 1.165) is 11.1 Å². The fraction of sp³-hybridized carbons (Fsp3) is 0.538. The van der Waals surface area contributed by atoms with Crippen LogP contribution in [0.4, 0.5) is 4.39 Å². The molecular formula is C13H17FN2O2. The summed E-state index contributed by atoms with van der Waals surface area (Å²) in [4.78, 5) is 17.5. The van der Waals surface area contributed by atoms with E-state index in [-0.39, 0.29) is 25.4 Å². The standard InChI is InChI=1S/C13H17FN2O2/c1-3-18-13-9(2)4-10(6-15-13)5-12(17)16-7-11(14)8-16/h4,6,11H,3,5,7-8H2,1-2H3. The summed E-state index contributed by atoms with van der Waals surface area (Å²) in [7, 11) is 0. The van der Waals surface area contributed by atoms with Crippen LogP contribution in [0.1, 0.15) is 18.1 Å². The average molecular weight is 252 g/mol. The molecule has 0 saturated carbocycles. The maximum atomic E-state index is 12.6. The molecule has 0 radical (unpaired) electrons. The quantitative estimate of drug-likeness (QED) is 0.815. The van der Waals surface area contributed by atoms with Crippen molar-refractivity contribution in [3.8, 4) is 5.88 Å². The normalized spacial score (nSPS) is 15.4. The van der Waals surface area contributed by atoms with Gasteiger partial charge in [0.1, 0.15) is 6.17 Å². The van der Waals surface area contributed by atoms with E-state index in [9.17, 15) is 9.18 Å². The molecule has 1 aliphatic heterocycles. The molecule has 0 bridgehead atoms. The second kappa shape index (κ2) is 5.33. The first-order valence-electron chi connectivity index (χ1n) is 6.10. The molecule has 98 valence electrons. The molecule has 0 unspecified atom stereocenters. The average Bonchev–Trinajstić information content (AvgIpc) is 2.28. The van der Waals surface area contributed by atoms with Crippen LogP contribution in [0.2, 0.25) is 0 Å². The van der Waals surface area contributed by atoms with Gasteiger partial charge in [0.05, 0.1) is 26.1 Å². The second-order valence-electron chi connectivity index (χ2n) is 4.47. The SMILES string of the molecule is CCOc1ncc(CC(=O)N2CC(F)C2)cc1C. The Morgan fingerprint density at radius 3 is 2.89 bits per heavy atom. The minimum Gasteiger partial charge on any atom is -0.478 e. The van der Waals surface area contributed by atoms with Crippen molar-refractivity contribution in [3.63, 3.8) is 0 Å². The number of rotatable bonds is 4. The van der Waals surface area contributed by atoms with Crippen molar-refractivity contribution in [3.05, 3.63) is 23.4 Å². The Balaban J connectivity index is 1.97. The molecule has 0 spiro atoms. The number of likely N-dealkylation sites (tertiary alicyclic amines) is 1. The lowest BCUT2D eigenvalue weighted by Gasteiger charge is -2.34. The van der Waals surface area contributed by atoms with Crippen molar-refractivity contribution in [1.82, 2.24) is 9.88 Å². The summed E-state index contributed by atoms with van der Waals surface area (Å²) in [5.41, 5.74) is 1.75. The Kier molecular flexibility index (Phi) is 3.79. The molecule has 1 aromatic heterocycles. The third-order valence-corrected chi connectivity index (χ3v) is 2.91. The molecule has 1 aromatic rings. The first kappa shape index (κ1) is 12.8. The van der Waals surface area contributed by atoms with Crippen molar-refractivity contribution in [2.24, 2.45) is 0 Å². The van der Waals surface area contributed by atoms with Crippen molar-refractivity contribution < 1.29 is 13.9 Å². The van der Waals surface area contributed by atoms with Gasteiger partial charge in [-0.2, -0.15) is 0 Å². The Morgan fingerprint density at radius 1 is 1.61 bits per heavy atom. The van der Waals surface area contributed by atoms with Crippen molar-refractivity contribution >= 4 is 5.91 Å². The number of carbonyl (C=O) groups excluding carboxylic acids is 1. The molecule has 2 heterocycles. The van der Waals surface area contributed by atoms with E-state index in [2.05, 4.69) is 4.98 Å². The van der Waals surface area contributed by atoms with Crippen LogP contribution in [0.3, 0.4) is 0 Å². The lowest BCUT2D eigenvalue weighted by Crippen LogP contribution is -2.52. The minimum absolute atomic E-state index is 0.0470. The van der Waals surface area contributed by atoms with Crippen LogP contribution < -0.4 is 4.74 Å². The van der Waals surface area contributed by atoms with E-state index in [1.165, 1.54) is 4.90 Å². The molecule has 5 heteroatoms. The number of aromatic nitrogens is 1. The fourth-order valence-electron chi connectivity index (χ4n) is 1.92. The summed E-state index contributed by atoms with van der Waals surface area (Å²) in [5, 5.41) is 0. The molecule has 0 aromatic carbocycles. The summed E-state index contributed by atoms with van der Waals surface area (Å²) in [6.45, 7) is 4.81. The van der Waals surface area contributed by atoms with Crippen LogP contribution in [0, 0.1) is 6.92 Å². The predicted molar refractivity (Wildman–Crippen MR) is 65.3 cm³/mol. The van der Waals surface area contributed by atoms with Gasteiger partial charge in [0.2, 0.25) is 11.8 Å². The Bertz CT molecular complexity index is 445. The minimum atomic E-state index is -0.853. The van der Waals surface area contributed by atoms with E-state index >= 15 is 0 Å². The van der Waals surface area contributed by atoms with Gasteiger partial charge >= 0.3 is 0 Å². The second-order valence-corrected chi connectivity index (χ2v) is 4.47. The number of alkyl halides is 1. The van der Waals surface area contributed by atoms with Gasteiger partial charge < -0.3 is 9.64 Å². The summed E-state index contributed by atoms with van der Waals surface area (Å²) < 4.78 is 18.0. The van der Waals surface area contributed by atoms with Gasteiger partial charge in [0, 0.05) is 11.8 Å². The fourth-order valence-corrected chi connectivity index (χ4v) is 1.92. The van der Waals surface area contributed by atoms with Crippen molar-refractivity contribution in [1.29, 1.82) is 0 Å². The van der Waals surface area contributed by atoms with E-state index in [1.54, 1.807) is 6.20 Å². The third kappa shape index (κ3) is 2.78. The molecule has 1 aliphatic rings. The number of amides is 1. The molecular weight excluding hydrogens is 235 g/mol. The van der Waals surface area contributed by atoms with Crippen molar-refractivity contribution in [2.45, 2.75) is 26.4 Å². The van der Waals surface area contributed by atoms with Crippen LogP contribution in [-0.2, 0) is 11.2 Å². The Morgan fingerprint density at radius 2 is 2.33 bits per heavy atom. The van der Waals surface area contributed by atoms with E-state index in [4.69, 9.17) is 4.74 Å². The molecule has 1 fully saturated rings. The molecule has 1 saturated heterocycles. The van der Waals surface area contributed by atoms with E-state index in [1.807, 2.05) is 19.9 Å². The van der Waals surface area contributed by atoms with Gasteiger partial charge in [-0.1, -0.05) is 0 Å². The van der Waals surface area contributed by atoms with Gasteiger partial charge in [-0.3, -0.25) is 4.79 Å². The zero-order chi connectivity index (χ0) is 13.1. The monoisotopic (exact) mass is 252 g/mol. The maximum absolute atomic E-state index is 12.6. The van der Waals surface area contributed by atoms with Crippen LogP contribution in [-0.4, -0.2) is 41.7 Å². The summed E-state index contributed by atoms with van der Waals surface area (Å²) in [6.07, 6.45) is 1.06. The first-order chi connectivity index (χ1) is 8.60. The van der Waals surface area contributed by atoms with Crippen LogP contribution in [0.15, 0.2) is 12.3 Å². The highest BCUT2D eigenvalue weighted by molar-refractivity contribution is 5.79. The molecule has 2 rings (SSSR count). The smallest absolute Gasteiger partial charge is 0.227 e.